The Hall–Kier alpha value is -2.85. The summed E-state index contributed by atoms with van der Waals surface area (Å²) in [6.45, 7) is 6.60. The van der Waals surface area contributed by atoms with Crippen molar-refractivity contribution in [2.75, 3.05) is 24.8 Å². The molecule has 4 nitrogen and oxygen atoms in total. The number of thioether (sulfide) groups is 1. The summed E-state index contributed by atoms with van der Waals surface area (Å²) in [5.74, 6) is -0.178. The number of carbonyl (C=O) groups excluding carboxylic acids is 1. The lowest BCUT2D eigenvalue weighted by atomic mass is 10.0. The van der Waals surface area contributed by atoms with E-state index in [4.69, 9.17) is 4.74 Å². The number of pyridine rings is 1. The van der Waals surface area contributed by atoms with Crippen LogP contribution in [-0.4, -0.2) is 38.9 Å². The van der Waals surface area contributed by atoms with E-state index in [1.807, 2.05) is 0 Å². The topological polar surface area (TPSA) is 42.4 Å². The number of rotatable bonds is 8. The van der Waals surface area contributed by atoms with Crippen LogP contribution in [0.15, 0.2) is 59.8 Å². The fourth-order valence-electron chi connectivity index (χ4n) is 3.52. The molecule has 2 aromatic carbocycles. The molecule has 0 atom stereocenters. The third kappa shape index (κ3) is 6.88. The number of aromatic nitrogens is 1. The van der Waals surface area contributed by atoms with Crippen LogP contribution in [0.3, 0.4) is 0 Å². The van der Waals surface area contributed by atoms with Crippen LogP contribution in [0.2, 0.25) is 25.7 Å². The Morgan fingerprint density at radius 2 is 1.81 bits per heavy atom. The molecule has 0 aliphatic heterocycles. The predicted octanol–water partition coefficient (Wildman–Crippen LogP) is 7.62. The van der Waals surface area contributed by atoms with Crippen LogP contribution < -0.4 is 9.64 Å². The summed E-state index contributed by atoms with van der Waals surface area (Å²) in [6.07, 6.45) is -1.64. The van der Waals surface area contributed by atoms with Crippen molar-refractivity contribution < 1.29 is 27.1 Å². The van der Waals surface area contributed by atoms with Crippen molar-refractivity contribution in [3.8, 4) is 16.9 Å². The summed E-state index contributed by atoms with van der Waals surface area (Å²) in [5, 5.41) is 0. The van der Waals surface area contributed by atoms with E-state index in [0.29, 0.717) is 27.5 Å². The number of hydrogen-bond acceptors (Lipinski definition) is 4. The highest BCUT2D eigenvalue weighted by Gasteiger charge is 2.32. The van der Waals surface area contributed by atoms with Crippen LogP contribution in [0.5, 0.6) is 5.75 Å². The molecule has 1 amide bonds. The van der Waals surface area contributed by atoms with Crippen molar-refractivity contribution in [1.82, 2.24) is 4.98 Å². The molecule has 0 saturated carbocycles. The minimum atomic E-state index is -4.59. The first-order valence-corrected chi connectivity index (χ1v) is 15.9. The number of methoxy groups -OCH3 is 1. The van der Waals surface area contributed by atoms with Crippen molar-refractivity contribution in [2.45, 2.75) is 36.8 Å². The van der Waals surface area contributed by atoms with Crippen LogP contribution in [0.25, 0.3) is 11.1 Å². The number of halogens is 4. The number of ether oxygens (including phenoxy) is 1. The lowest BCUT2D eigenvalue weighted by molar-refractivity contribution is -0.137. The number of benzene rings is 2. The molecule has 0 bridgehead atoms. The van der Waals surface area contributed by atoms with Gasteiger partial charge in [-0.3, -0.25) is 9.78 Å². The van der Waals surface area contributed by atoms with Gasteiger partial charge in [-0.1, -0.05) is 19.6 Å². The van der Waals surface area contributed by atoms with Gasteiger partial charge in [-0.15, -0.1) is 11.8 Å². The van der Waals surface area contributed by atoms with Gasteiger partial charge in [-0.25, -0.2) is 4.39 Å². The third-order valence-electron chi connectivity index (χ3n) is 5.52. The normalized spacial score (nSPS) is 11.9. The Morgan fingerprint density at radius 3 is 2.44 bits per heavy atom. The first kappa shape index (κ1) is 27.7. The van der Waals surface area contributed by atoms with Gasteiger partial charge in [-0.2, -0.15) is 13.2 Å². The quantitative estimate of drug-likeness (QED) is 0.169. The monoisotopic (exact) mass is 536 g/mol. The largest absolute Gasteiger partial charge is 0.496 e. The van der Waals surface area contributed by atoms with E-state index in [9.17, 15) is 22.4 Å². The molecular formula is C26H28F4N2O2SSi. The van der Waals surface area contributed by atoms with Crippen molar-refractivity contribution in [3.05, 3.63) is 71.8 Å². The molecule has 10 heteroatoms. The Bertz CT molecular complexity index is 1250. The summed E-state index contributed by atoms with van der Waals surface area (Å²) < 4.78 is 60.0. The average molecular weight is 537 g/mol. The number of alkyl halides is 3. The summed E-state index contributed by atoms with van der Waals surface area (Å²) in [7, 11) is 1.50. The van der Waals surface area contributed by atoms with Gasteiger partial charge in [0.15, 0.2) is 0 Å². The van der Waals surface area contributed by atoms with E-state index in [-0.39, 0.29) is 11.3 Å². The molecule has 3 aromatic rings. The van der Waals surface area contributed by atoms with Gasteiger partial charge >= 0.3 is 6.18 Å². The molecule has 36 heavy (non-hydrogen) atoms. The number of carbonyl (C=O) groups is 1. The SMILES string of the molecule is COc1cc(F)ccc1-c1ccncc1N(C)C(=O)c1cc(SCC[Si](C)(C)C)cc(C(F)(F)F)c1. The minimum absolute atomic E-state index is 0.0799. The maximum Gasteiger partial charge on any atom is 0.416 e. The summed E-state index contributed by atoms with van der Waals surface area (Å²) >= 11 is 1.32. The Kier molecular flexibility index (Phi) is 8.50. The van der Waals surface area contributed by atoms with Crippen molar-refractivity contribution in [1.29, 1.82) is 0 Å². The van der Waals surface area contributed by atoms with Crippen LogP contribution in [-0.2, 0) is 6.18 Å². The number of anilines is 1. The molecule has 0 N–H and O–H groups in total. The fourth-order valence-corrected chi connectivity index (χ4v) is 7.03. The Balaban J connectivity index is 2.00. The van der Waals surface area contributed by atoms with Crippen molar-refractivity contribution in [3.63, 3.8) is 0 Å². The van der Waals surface area contributed by atoms with Crippen LogP contribution in [0.4, 0.5) is 23.2 Å². The highest BCUT2D eigenvalue weighted by molar-refractivity contribution is 7.99. The van der Waals surface area contributed by atoms with E-state index in [1.54, 1.807) is 6.07 Å². The maximum absolute atomic E-state index is 13.7. The highest BCUT2D eigenvalue weighted by Crippen LogP contribution is 2.38. The first-order chi connectivity index (χ1) is 16.8. The van der Waals surface area contributed by atoms with Gasteiger partial charge in [0.05, 0.1) is 24.6 Å². The van der Waals surface area contributed by atoms with Gasteiger partial charge in [-0.05, 0) is 48.2 Å². The molecular weight excluding hydrogens is 508 g/mol. The molecule has 192 valence electrons. The third-order valence-corrected chi connectivity index (χ3v) is 8.61. The van der Waals surface area contributed by atoms with Gasteiger partial charge in [0.1, 0.15) is 11.6 Å². The number of nitrogens with zero attached hydrogens (tertiary/aromatic N) is 2. The van der Waals surface area contributed by atoms with Crippen LogP contribution >= 0.6 is 11.8 Å². The van der Waals surface area contributed by atoms with E-state index >= 15 is 0 Å². The number of amides is 1. The lowest BCUT2D eigenvalue weighted by Crippen LogP contribution is -2.27. The Labute approximate surface area is 213 Å². The average Bonchev–Trinajstić information content (AvgIpc) is 2.81. The van der Waals surface area contributed by atoms with Crippen molar-refractivity contribution >= 4 is 31.4 Å². The second kappa shape index (κ2) is 11.0. The van der Waals surface area contributed by atoms with Crippen LogP contribution in [0, 0.1) is 5.82 Å². The molecule has 0 saturated heterocycles. The number of hydrogen-bond donors (Lipinski definition) is 0. The zero-order chi connectivity index (χ0) is 26.7. The predicted molar refractivity (Wildman–Crippen MR) is 139 cm³/mol. The fraction of sp³-hybridized carbons (Fsp3) is 0.308. The molecule has 1 heterocycles. The van der Waals surface area contributed by atoms with Crippen molar-refractivity contribution in [2.24, 2.45) is 0 Å². The maximum atomic E-state index is 13.7. The zero-order valence-corrected chi connectivity index (χ0v) is 22.6. The Morgan fingerprint density at radius 1 is 1.08 bits per heavy atom. The van der Waals surface area contributed by atoms with Crippen LogP contribution in [0.1, 0.15) is 15.9 Å². The van der Waals surface area contributed by atoms with Gasteiger partial charge in [0, 0.05) is 49.0 Å². The molecule has 0 spiro atoms. The first-order valence-electron chi connectivity index (χ1n) is 11.2. The minimum Gasteiger partial charge on any atom is -0.496 e. The summed E-state index contributed by atoms with van der Waals surface area (Å²) in [6, 6.07) is 10.0. The smallest absolute Gasteiger partial charge is 0.416 e. The molecule has 0 fully saturated rings. The van der Waals surface area contributed by atoms with E-state index < -0.39 is 31.5 Å². The molecule has 0 unspecified atom stereocenters. The molecule has 0 aliphatic carbocycles. The molecule has 1 aromatic heterocycles. The summed E-state index contributed by atoms with van der Waals surface area (Å²) in [4.78, 5) is 19.2. The summed E-state index contributed by atoms with van der Waals surface area (Å²) in [5.41, 5.74) is 0.433. The van der Waals surface area contributed by atoms with E-state index in [1.165, 1.54) is 67.5 Å². The second-order valence-corrected chi connectivity index (χ2v) is 16.3. The molecule has 0 aliphatic rings. The van der Waals surface area contributed by atoms with Gasteiger partial charge in [0.25, 0.3) is 5.91 Å². The highest BCUT2D eigenvalue weighted by atomic mass is 32.2. The van der Waals surface area contributed by atoms with E-state index in [0.717, 1.165) is 18.2 Å². The zero-order valence-electron chi connectivity index (χ0n) is 20.7. The standard InChI is InChI=1S/C26H28F4N2O2SSi/c1-32(23-16-31-9-8-21(23)22-7-6-19(27)15-24(22)34-2)25(33)17-12-18(26(28,29)30)14-20(13-17)35-10-11-36(3,4)5/h6-9,12-16H,10-11H2,1-5H3. The van der Waals surface area contributed by atoms with Gasteiger partial charge in [0.2, 0.25) is 0 Å². The lowest BCUT2D eigenvalue weighted by Gasteiger charge is -2.22. The second-order valence-electron chi connectivity index (χ2n) is 9.50. The van der Waals surface area contributed by atoms with E-state index in [2.05, 4.69) is 24.6 Å². The molecule has 3 rings (SSSR count). The van der Waals surface area contributed by atoms with Gasteiger partial charge < -0.3 is 9.64 Å². The molecule has 0 radical (unpaired) electrons.